The second-order valence-corrected chi connectivity index (χ2v) is 13.7. The molecule has 0 spiro atoms. The summed E-state index contributed by atoms with van der Waals surface area (Å²) in [6, 6.07) is 17.9. The number of imide groups is 1. The first-order valence-electron chi connectivity index (χ1n) is 13.5. The number of halogens is 1. The summed E-state index contributed by atoms with van der Waals surface area (Å²) in [7, 11) is -4.49. The lowest BCUT2D eigenvalue weighted by Gasteiger charge is -2.58. The van der Waals surface area contributed by atoms with Crippen LogP contribution in [0.15, 0.2) is 82.2 Å². The number of aliphatic hydroxyl groups is 2. The number of amides is 2. The number of nitrogens with zero attached hydrogens (tertiary/aromatic N) is 4. The van der Waals surface area contributed by atoms with Crippen LogP contribution in [0.4, 0.5) is 5.69 Å². The number of hydrogen-bond donors (Lipinski definition) is 2. The largest absolute Gasteiger partial charge is 0.389 e. The summed E-state index contributed by atoms with van der Waals surface area (Å²) in [4.78, 5) is 39.9. The topological polar surface area (TPSA) is 162 Å². The van der Waals surface area contributed by atoms with E-state index in [1.165, 1.54) is 17.0 Å². The number of rotatable bonds is 6. The Morgan fingerprint density at radius 2 is 1.44 bits per heavy atom. The molecule has 3 aromatic carbocycles. The first kappa shape index (κ1) is 29.5. The monoisotopic (exact) mass is 670 g/mol. The lowest BCUT2D eigenvalue weighted by Crippen LogP contribution is -2.72. The maximum atomic E-state index is 13.9. The van der Waals surface area contributed by atoms with Crippen molar-refractivity contribution in [1.29, 1.82) is 0 Å². The highest BCUT2D eigenvalue weighted by Crippen LogP contribution is 2.44. The van der Waals surface area contributed by atoms with Crippen LogP contribution in [0.5, 0.6) is 0 Å². The van der Waals surface area contributed by atoms with Gasteiger partial charge >= 0.3 is 0 Å². The minimum Gasteiger partial charge on any atom is -0.389 e. The van der Waals surface area contributed by atoms with Gasteiger partial charge in [-0.05, 0) is 35.9 Å². The van der Waals surface area contributed by atoms with Gasteiger partial charge in [0.2, 0.25) is 10.0 Å². The Hall–Kier alpha value is -3.53. The molecule has 0 aliphatic carbocycles. The van der Waals surface area contributed by atoms with Gasteiger partial charge in [0, 0.05) is 54.7 Å². The number of fused-ring (bicyclic) bond motifs is 2. The van der Waals surface area contributed by atoms with E-state index in [1.54, 1.807) is 24.3 Å². The smallest absolute Gasteiger partial charge is 0.289 e. The fourth-order valence-corrected chi connectivity index (χ4v) is 8.25. The predicted octanol–water partition coefficient (Wildman–Crippen LogP) is 2.22. The summed E-state index contributed by atoms with van der Waals surface area (Å²) in [6.07, 6.45) is -2.87. The molecule has 2 N–H and O–H groups in total. The van der Waals surface area contributed by atoms with E-state index in [-0.39, 0.29) is 25.6 Å². The van der Waals surface area contributed by atoms with E-state index >= 15 is 0 Å². The Kier molecular flexibility index (Phi) is 7.69. The molecule has 3 aromatic rings. The van der Waals surface area contributed by atoms with Crippen LogP contribution < -0.4 is 0 Å². The predicted molar refractivity (Wildman–Crippen MR) is 157 cm³/mol. The Morgan fingerprint density at radius 3 is 2.07 bits per heavy atom. The van der Waals surface area contributed by atoms with Crippen molar-refractivity contribution in [1.82, 2.24) is 14.1 Å². The highest BCUT2D eigenvalue weighted by Gasteiger charge is 2.54. The summed E-state index contributed by atoms with van der Waals surface area (Å²) < 4.78 is 29.5. The molecule has 3 heterocycles. The van der Waals surface area contributed by atoms with Gasteiger partial charge in [0.1, 0.15) is 0 Å². The van der Waals surface area contributed by atoms with E-state index in [2.05, 4.69) is 15.9 Å². The molecule has 0 unspecified atom stereocenters. The number of nitro groups is 1. The third-order valence-electron chi connectivity index (χ3n) is 8.49. The summed E-state index contributed by atoms with van der Waals surface area (Å²) in [5.74, 6) is -1.26. The molecule has 224 valence electrons. The van der Waals surface area contributed by atoms with E-state index in [1.807, 2.05) is 29.2 Å². The number of benzene rings is 3. The van der Waals surface area contributed by atoms with Gasteiger partial charge in [-0.25, -0.2) is 8.42 Å². The van der Waals surface area contributed by atoms with Gasteiger partial charge in [-0.15, -0.1) is 0 Å². The zero-order chi connectivity index (χ0) is 30.6. The zero-order valence-electron chi connectivity index (χ0n) is 22.6. The summed E-state index contributed by atoms with van der Waals surface area (Å²) in [5, 5.41) is 33.4. The van der Waals surface area contributed by atoms with Crippen molar-refractivity contribution in [3.63, 3.8) is 0 Å². The minimum absolute atomic E-state index is 0.0245. The van der Waals surface area contributed by atoms with Crippen LogP contribution in [0.1, 0.15) is 32.2 Å². The Labute approximate surface area is 255 Å². The number of carbonyl (C=O) groups excluding carboxylic acids is 2. The van der Waals surface area contributed by atoms with Crippen molar-refractivity contribution < 1.29 is 33.1 Å². The van der Waals surface area contributed by atoms with Crippen molar-refractivity contribution in [2.45, 2.75) is 35.1 Å². The molecule has 0 bridgehead atoms. The van der Waals surface area contributed by atoms with Crippen molar-refractivity contribution in [3.05, 3.63) is 104 Å². The average Bonchev–Trinajstić information content (AvgIpc) is 3.23. The molecule has 2 amide bonds. The van der Waals surface area contributed by atoms with Crippen molar-refractivity contribution in [2.24, 2.45) is 0 Å². The molecule has 2 fully saturated rings. The van der Waals surface area contributed by atoms with Gasteiger partial charge in [0.25, 0.3) is 17.5 Å². The van der Waals surface area contributed by atoms with Crippen LogP contribution in [0.2, 0.25) is 0 Å². The number of aliphatic hydroxyl groups excluding tert-OH is 2. The molecular formula is C29H27BrN4O8S. The molecule has 0 aromatic heterocycles. The third-order valence-corrected chi connectivity index (χ3v) is 10.9. The van der Waals surface area contributed by atoms with Crippen molar-refractivity contribution in [2.75, 3.05) is 26.2 Å². The van der Waals surface area contributed by atoms with Crippen LogP contribution >= 0.6 is 15.9 Å². The number of para-hydroxylation sites is 1. The highest BCUT2D eigenvalue weighted by atomic mass is 79.9. The number of carbonyl (C=O) groups is 2. The normalized spacial score (nSPS) is 26.3. The number of hydrogen-bond acceptors (Lipinski definition) is 9. The maximum absolute atomic E-state index is 13.9. The number of β-amino-alcohol motifs (C(OH)–C–C–N with tert-alkyl or cyclic N) is 1. The molecule has 43 heavy (non-hydrogen) atoms. The lowest BCUT2D eigenvalue weighted by molar-refractivity contribution is -0.387. The van der Waals surface area contributed by atoms with Crippen LogP contribution in [-0.4, -0.2) is 99.9 Å². The molecule has 0 saturated carbocycles. The van der Waals surface area contributed by atoms with E-state index in [0.29, 0.717) is 11.1 Å². The summed E-state index contributed by atoms with van der Waals surface area (Å²) in [5.41, 5.74) is 0.824. The average molecular weight is 672 g/mol. The van der Waals surface area contributed by atoms with Crippen LogP contribution in [0, 0.1) is 10.1 Å². The van der Waals surface area contributed by atoms with Crippen LogP contribution in [0.3, 0.4) is 0 Å². The Bertz CT molecular complexity index is 1680. The molecule has 5 atom stereocenters. The van der Waals surface area contributed by atoms with Crippen molar-refractivity contribution >= 4 is 43.5 Å². The number of nitro benzene ring substituents is 1. The van der Waals surface area contributed by atoms with Crippen LogP contribution in [-0.2, 0) is 10.0 Å². The van der Waals surface area contributed by atoms with Gasteiger partial charge in [0.05, 0.1) is 28.3 Å². The fraction of sp³-hybridized carbons (Fsp3) is 0.310. The van der Waals surface area contributed by atoms with E-state index in [0.717, 1.165) is 26.5 Å². The SMILES string of the molecule is O=C1c2ccccc2C(=O)N1C[C@@H]1[C@H](c2ccc(Br)cc2)[C@@H]2CN(S(=O)(=O)c3ccccc3[N+](=O)[O-])C[C@@H](O)[C@@H](O)CN12. The van der Waals surface area contributed by atoms with Crippen molar-refractivity contribution in [3.8, 4) is 0 Å². The highest BCUT2D eigenvalue weighted by molar-refractivity contribution is 9.10. The molecular weight excluding hydrogens is 644 g/mol. The fourth-order valence-electron chi connectivity index (χ4n) is 6.36. The van der Waals surface area contributed by atoms with Gasteiger partial charge < -0.3 is 10.2 Å². The molecule has 3 aliphatic heterocycles. The third kappa shape index (κ3) is 5.07. The quantitative estimate of drug-likeness (QED) is 0.228. The Morgan fingerprint density at radius 1 is 0.860 bits per heavy atom. The molecule has 12 nitrogen and oxygen atoms in total. The van der Waals surface area contributed by atoms with Gasteiger partial charge in [-0.3, -0.25) is 29.5 Å². The molecule has 14 heteroatoms. The lowest BCUT2D eigenvalue weighted by atomic mass is 9.73. The van der Waals surface area contributed by atoms with Gasteiger partial charge in [-0.1, -0.05) is 52.3 Å². The Balaban J connectivity index is 1.38. The second kappa shape index (κ2) is 11.2. The van der Waals surface area contributed by atoms with Crippen LogP contribution in [0.25, 0.3) is 0 Å². The second-order valence-electron chi connectivity index (χ2n) is 10.9. The molecule has 0 radical (unpaired) electrons. The van der Waals surface area contributed by atoms with E-state index in [4.69, 9.17) is 0 Å². The number of sulfonamides is 1. The molecule has 2 saturated heterocycles. The standard InChI is InChI=1S/C29H27BrN4O8S/c30-18-11-9-17(10-12-18)27-22-13-31(43(41,42)26-8-4-3-7-21(26)34(39)40)15-24(35)25(36)16-32(22)23(27)14-33-28(37)19-5-1-2-6-20(19)29(33)38/h1-12,22-25,27,35-36H,13-16H2/t22-,23+,24+,25-,27+/m0/s1. The molecule has 6 rings (SSSR count). The zero-order valence-corrected chi connectivity index (χ0v) is 25.0. The summed E-state index contributed by atoms with van der Waals surface area (Å²) in [6.45, 7) is -0.692. The maximum Gasteiger partial charge on any atom is 0.289 e. The first-order valence-corrected chi connectivity index (χ1v) is 15.8. The minimum atomic E-state index is -4.49. The summed E-state index contributed by atoms with van der Waals surface area (Å²) >= 11 is 3.43. The van der Waals surface area contributed by atoms with E-state index < -0.39 is 68.2 Å². The van der Waals surface area contributed by atoms with Gasteiger partial charge in [-0.2, -0.15) is 4.31 Å². The van der Waals surface area contributed by atoms with E-state index in [9.17, 15) is 38.3 Å². The first-order chi connectivity index (χ1) is 20.5. The van der Waals surface area contributed by atoms with Gasteiger partial charge in [0.15, 0.2) is 4.90 Å². The molecule has 3 aliphatic rings.